The Morgan fingerprint density at radius 1 is 0.850 bits per heavy atom. The number of benzene rings is 2. The Kier molecular flexibility index (Phi) is 8.85. The van der Waals surface area contributed by atoms with Crippen LogP contribution in [0, 0.1) is 11.3 Å². The minimum absolute atomic E-state index is 0.139. The largest absolute Gasteiger partial charge is 0.326 e. The first-order chi connectivity index (χ1) is 19.5. The lowest BCUT2D eigenvalue weighted by Crippen LogP contribution is -2.14. The molecule has 2 aromatic carbocycles. The van der Waals surface area contributed by atoms with Crippen molar-refractivity contribution in [3.63, 3.8) is 0 Å². The summed E-state index contributed by atoms with van der Waals surface area (Å²) in [4.78, 5) is 25.1. The summed E-state index contributed by atoms with van der Waals surface area (Å²) in [5.41, 5.74) is 8.88. The van der Waals surface area contributed by atoms with Crippen LogP contribution in [0.25, 0.3) is 0 Å². The van der Waals surface area contributed by atoms with E-state index >= 15 is 0 Å². The highest BCUT2D eigenvalue weighted by molar-refractivity contribution is 7.15. The van der Waals surface area contributed by atoms with Crippen molar-refractivity contribution in [2.75, 3.05) is 10.6 Å². The molecular weight excluding hydrogens is 544 g/mol. The van der Waals surface area contributed by atoms with Gasteiger partial charge in [0.15, 0.2) is 0 Å². The smallest absolute Gasteiger partial charge is 0.230 e. The predicted octanol–water partition coefficient (Wildman–Crippen LogP) is 4.52. The van der Waals surface area contributed by atoms with Crippen molar-refractivity contribution < 1.29 is 9.59 Å². The zero-order valence-corrected chi connectivity index (χ0v) is 23.3. The van der Waals surface area contributed by atoms with Gasteiger partial charge in [-0.25, -0.2) is 0 Å². The molecule has 12 heteroatoms. The second kappa shape index (κ2) is 12.9. The fourth-order valence-corrected chi connectivity index (χ4v) is 6.67. The SMILES string of the molecule is N#Cc1cccc(CC(=O)Nc2nnc(C3CCCC(c4nnc(NC(=O)Cc5cccc(CN)c5)s4)C3)s2)c1. The van der Waals surface area contributed by atoms with E-state index in [2.05, 4.69) is 37.1 Å². The van der Waals surface area contributed by atoms with Gasteiger partial charge in [-0.05, 0) is 48.1 Å². The Bertz CT molecular complexity index is 1540. The average Bonchev–Trinajstić information content (AvgIpc) is 3.63. The first kappa shape index (κ1) is 27.5. The molecule has 1 aliphatic carbocycles. The van der Waals surface area contributed by atoms with Crippen LogP contribution < -0.4 is 16.4 Å². The van der Waals surface area contributed by atoms with Gasteiger partial charge in [-0.1, -0.05) is 65.5 Å². The summed E-state index contributed by atoms with van der Waals surface area (Å²) in [5.74, 6) is 0.0953. The Balaban J connectivity index is 1.15. The molecule has 1 fully saturated rings. The van der Waals surface area contributed by atoms with Gasteiger partial charge < -0.3 is 16.4 Å². The lowest BCUT2D eigenvalue weighted by atomic mass is 9.82. The highest BCUT2D eigenvalue weighted by Crippen LogP contribution is 2.43. The molecule has 2 unspecified atom stereocenters. The number of nitriles is 1. The topological polar surface area (TPSA) is 160 Å². The van der Waals surface area contributed by atoms with Gasteiger partial charge in [-0.3, -0.25) is 9.59 Å². The van der Waals surface area contributed by atoms with E-state index < -0.39 is 0 Å². The van der Waals surface area contributed by atoms with Crippen LogP contribution in [0.4, 0.5) is 10.3 Å². The third-order valence-corrected chi connectivity index (χ3v) is 8.76. The molecule has 0 bridgehead atoms. The molecule has 1 aliphatic rings. The molecule has 0 spiro atoms. The van der Waals surface area contributed by atoms with Crippen LogP contribution in [0.3, 0.4) is 0 Å². The second-order valence-electron chi connectivity index (χ2n) is 9.74. The van der Waals surface area contributed by atoms with Crippen molar-refractivity contribution in [1.82, 2.24) is 20.4 Å². The Labute approximate surface area is 239 Å². The van der Waals surface area contributed by atoms with Gasteiger partial charge in [-0.15, -0.1) is 20.4 Å². The van der Waals surface area contributed by atoms with Crippen molar-refractivity contribution in [1.29, 1.82) is 5.26 Å². The van der Waals surface area contributed by atoms with E-state index in [0.717, 1.165) is 52.4 Å². The summed E-state index contributed by atoms with van der Waals surface area (Å²) >= 11 is 2.81. The van der Waals surface area contributed by atoms with Crippen LogP contribution >= 0.6 is 22.7 Å². The number of nitrogens with one attached hydrogen (secondary N) is 2. The van der Waals surface area contributed by atoms with Crippen LogP contribution in [0.2, 0.25) is 0 Å². The van der Waals surface area contributed by atoms with Crippen LogP contribution in [-0.2, 0) is 29.0 Å². The number of carbonyl (C=O) groups excluding carboxylic acids is 2. The predicted molar refractivity (Wildman–Crippen MR) is 154 cm³/mol. The van der Waals surface area contributed by atoms with Gasteiger partial charge in [0.1, 0.15) is 10.0 Å². The number of aromatic nitrogens is 4. The molecule has 2 aromatic heterocycles. The van der Waals surface area contributed by atoms with E-state index in [1.54, 1.807) is 18.2 Å². The van der Waals surface area contributed by atoms with Crippen molar-refractivity contribution in [3.8, 4) is 6.07 Å². The number of hydrogen-bond acceptors (Lipinski definition) is 10. The first-order valence-electron chi connectivity index (χ1n) is 13.0. The molecule has 4 N–H and O–H groups in total. The quantitative estimate of drug-likeness (QED) is 0.264. The summed E-state index contributed by atoms with van der Waals surface area (Å²) in [6, 6.07) is 16.8. The summed E-state index contributed by atoms with van der Waals surface area (Å²) in [6.07, 6.45) is 4.27. The van der Waals surface area contributed by atoms with E-state index in [4.69, 9.17) is 11.0 Å². The lowest BCUT2D eigenvalue weighted by molar-refractivity contribution is -0.116. The van der Waals surface area contributed by atoms with Gasteiger partial charge in [0, 0.05) is 18.4 Å². The molecule has 10 nitrogen and oxygen atoms in total. The molecule has 0 aliphatic heterocycles. The van der Waals surface area contributed by atoms with Crippen molar-refractivity contribution in [2.24, 2.45) is 5.73 Å². The Morgan fingerprint density at radius 2 is 1.40 bits per heavy atom. The zero-order chi connectivity index (χ0) is 27.9. The minimum Gasteiger partial charge on any atom is -0.326 e. The molecule has 204 valence electrons. The minimum atomic E-state index is -0.199. The number of nitrogens with zero attached hydrogens (tertiary/aromatic N) is 5. The maximum atomic E-state index is 12.6. The van der Waals surface area contributed by atoms with Crippen LogP contribution in [0.15, 0.2) is 48.5 Å². The summed E-state index contributed by atoms with van der Waals surface area (Å²) < 4.78 is 0. The number of amides is 2. The van der Waals surface area contributed by atoms with Gasteiger partial charge in [-0.2, -0.15) is 5.26 Å². The molecule has 0 radical (unpaired) electrons. The summed E-state index contributed by atoms with van der Waals surface area (Å²) in [6.45, 7) is 0.434. The maximum Gasteiger partial charge on any atom is 0.230 e. The fourth-order valence-electron chi connectivity index (χ4n) is 4.85. The maximum absolute atomic E-state index is 12.6. The molecule has 2 heterocycles. The van der Waals surface area contributed by atoms with Crippen LogP contribution in [0.1, 0.15) is 69.8 Å². The molecule has 2 atom stereocenters. The molecule has 40 heavy (non-hydrogen) atoms. The van der Waals surface area contributed by atoms with E-state index in [0.29, 0.717) is 22.4 Å². The van der Waals surface area contributed by atoms with E-state index in [1.165, 1.54) is 22.7 Å². The van der Waals surface area contributed by atoms with E-state index in [-0.39, 0.29) is 36.5 Å². The molecular formula is C28H28N8O2S2. The number of rotatable bonds is 9. The number of nitrogens with two attached hydrogens (primary N) is 1. The fraction of sp³-hybridized carbons (Fsp3) is 0.321. The van der Waals surface area contributed by atoms with Crippen LogP contribution in [-0.4, -0.2) is 32.2 Å². The lowest BCUT2D eigenvalue weighted by Gasteiger charge is -2.25. The zero-order valence-electron chi connectivity index (χ0n) is 21.7. The third kappa shape index (κ3) is 7.12. The monoisotopic (exact) mass is 572 g/mol. The third-order valence-electron chi connectivity index (χ3n) is 6.76. The Morgan fingerprint density at radius 3 is 1.98 bits per heavy atom. The highest BCUT2D eigenvalue weighted by atomic mass is 32.1. The molecule has 1 saturated carbocycles. The number of carbonyl (C=O) groups is 2. The Hall–Kier alpha value is -4.05. The van der Waals surface area contributed by atoms with E-state index in [1.807, 2.05) is 30.3 Å². The van der Waals surface area contributed by atoms with E-state index in [9.17, 15) is 9.59 Å². The summed E-state index contributed by atoms with van der Waals surface area (Å²) in [5, 5.41) is 34.7. The second-order valence-corrected chi connectivity index (χ2v) is 11.8. The normalized spacial score (nSPS) is 16.7. The standard InChI is InChI=1S/C28H28N8O2S2/c29-15-19-6-1-4-17(10-19)12-23(37)31-27-35-33-25(39-27)21-8-3-9-22(14-21)26-34-36-28(40-26)32-24(38)13-18-5-2-7-20(11-18)16-30/h1-2,4-7,10-11,21-22H,3,8-9,12-15,29H2,(H,31,35,37)(H,32,36,38). The van der Waals surface area contributed by atoms with Crippen LogP contribution in [0.5, 0.6) is 0 Å². The van der Waals surface area contributed by atoms with Crippen molar-refractivity contribution >= 4 is 44.8 Å². The van der Waals surface area contributed by atoms with Crippen molar-refractivity contribution in [3.05, 3.63) is 80.8 Å². The van der Waals surface area contributed by atoms with Crippen molar-refractivity contribution in [2.45, 2.75) is 56.9 Å². The number of hydrogen-bond donors (Lipinski definition) is 3. The van der Waals surface area contributed by atoms with Gasteiger partial charge in [0.2, 0.25) is 22.1 Å². The highest BCUT2D eigenvalue weighted by Gasteiger charge is 2.29. The molecule has 5 rings (SSSR count). The average molecular weight is 573 g/mol. The molecule has 4 aromatic rings. The van der Waals surface area contributed by atoms with Gasteiger partial charge >= 0.3 is 0 Å². The first-order valence-corrected chi connectivity index (χ1v) is 14.7. The number of anilines is 2. The molecule has 0 saturated heterocycles. The molecule has 2 amide bonds. The van der Waals surface area contributed by atoms with Gasteiger partial charge in [0.05, 0.1) is 24.5 Å². The van der Waals surface area contributed by atoms with Gasteiger partial charge in [0.25, 0.3) is 0 Å². The summed E-state index contributed by atoms with van der Waals surface area (Å²) in [7, 11) is 0.